The Morgan fingerprint density at radius 1 is 0.867 bits per heavy atom. The molecular weight excluding hydrogens is 371 g/mol. The number of hydrogen-bond donors (Lipinski definition) is 0. The first-order chi connectivity index (χ1) is 14.8. The molecule has 4 heteroatoms. The summed E-state index contributed by atoms with van der Waals surface area (Å²) in [5.74, 6) is 1.62. The van der Waals surface area contributed by atoms with E-state index in [0.29, 0.717) is 30.7 Å². The van der Waals surface area contributed by atoms with E-state index in [1.165, 1.54) is 69.8 Å². The molecule has 0 unspecified atom stereocenters. The molecular formula is C26H41BO3. The first-order valence-corrected chi connectivity index (χ1v) is 12.7. The molecule has 0 bridgehead atoms. The first kappa shape index (κ1) is 22.4. The van der Waals surface area contributed by atoms with Crippen molar-refractivity contribution in [2.45, 2.75) is 115 Å². The van der Waals surface area contributed by atoms with Gasteiger partial charge >= 0.3 is 7.12 Å². The molecule has 3 nitrogen and oxygen atoms in total. The van der Waals surface area contributed by atoms with Gasteiger partial charge in [-0.1, -0.05) is 82.7 Å². The van der Waals surface area contributed by atoms with Gasteiger partial charge in [-0.2, -0.15) is 0 Å². The molecule has 166 valence electrons. The highest BCUT2D eigenvalue weighted by Crippen LogP contribution is 2.42. The predicted octanol–water partition coefficient (Wildman–Crippen LogP) is 6.80. The van der Waals surface area contributed by atoms with Crippen LogP contribution in [0.2, 0.25) is 5.82 Å². The monoisotopic (exact) mass is 412 g/mol. The highest BCUT2D eigenvalue weighted by atomic mass is 16.7. The average Bonchev–Trinajstić information content (AvgIpc) is 3.27. The average molecular weight is 412 g/mol. The molecule has 0 aromatic heterocycles. The van der Waals surface area contributed by atoms with Crippen molar-refractivity contribution in [2.75, 3.05) is 0 Å². The molecule has 1 saturated heterocycles. The van der Waals surface area contributed by atoms with Crippen LogP contribution in [0.1, 0.15) is 90.0 Å². The number of hydrogen-bond acceptors (Lipinski definition) is 3. The molecule has 0 spiro atoms. The van der Waals surface area contributed by atoms with Gasteiger partial charge in [0.05, 0.1) is 24.9 Å². The van der Waals surface area contributed by atoms with Crippen molar-refractivity contribution in [1.29, 1.82) is 0 Å². The fourth-order valence-corrected chi connectivity index (χ4v) is 6.02. The van der Waals surface area contributed by atoms with Crippen LogP contribution >= 0.6 is 0 Å². The maximum atomic E-state index is 6.76. The van der Waals surface area contributed by atoms with Crippen LogP contribution < -0.4 is 0 Å². The van der Waals surface area contributed by atoms with Gasteiger partial charge < -0.3 is 14.0 Å². The van der Waals surface area contributed by atoms with Crippen molar-refractivity contribution >= 4 is 7.12 Å². The second-order valence-electron chi connectivity index (χ2n) is 9.97. The Bertz CT molecular complexity index is 586. The Balaban J connectivity index is 1.41. The van der Waals surface area contributed by atoms with E-state index in [1.54, 1.807) is 0 Å². The van der Waals surface area contributed by atoms with Gasteiger partial charge in [-0.25, -0.2) is 0 Å². The topological polar surface area (TPSA) is 27.7 Å². The Labute approximate surface area is 184 Å². The summed E-state index contributed by atoms with van der Waals surface area (Å²) < 4.78 is 19.9. The zero-order valence-electron chi connectivity index (χ0n) is 19.1. The lowest BCUT2D eigenvalue weighted by atomic mass is 9.69. The fourth-order valence-electron chi connectivity index (χ4n) is 6.02. The zero-order chi connectivity index (χ0) is 20.8. The van der Waals surface area contributed by atoms with Crippen molar-refractivity contribution in [1.82, 2.24) is 0 Å². The van der Waals surface area contributed by atoms with E-state index >= 15 is 0 Å². The van der Waals surface area contributed by atoms with Gasteiger partial charge in [0.15, 0.2) is 0 Å². The van der Waals surface area contributed by atoms with Gasteiger partial charge in [-0.05, 0) is 49.5 Å². The summed E-state index contributed by atoms with van der Waals surface area (Å²) in [4.78, 5) is 0. The van der Waals surface area contributed by atoms with Crippen LogP contribution in [0.5, 0.6) is 0 Å². The minimum absolute atomic E-state index is 0.121. The van der Waals surface area contributed by atoms with Crippen LogP contribution in [-0.4, -0.2) is 25.4 Å². The largest absolute Gasteiger partial charge is 0.463 e. The van der Waals surface area contributed by atoms with E-state index in [2.05, 4.69) is 44.2 Å². The molecule has 1 aliphatic heterocycles. The van der Waals surface area contributed by atoms with E-state index in [1.807, 2.05) is 0 Å². The molecule has 1 heterocycles. The van der Waals surface area contributed by atoms with E-state index in [9.17, 15) is 0 Å². The molecule has 0 N–H and O–H groups in total. The summed E-state index contributed by atoms with van der Waals surface area (Å²) in [6.45, 7) is 5.15. The maximum Gasteiger partial charge on any atom is 0.463 e. The van der Waals surface area contributed by atoms with Crippen LogP contribution in [-0.2, 0) is 20.7 Å². The third-order valence-corrected chi connectivity index (χ3v) is 7.86. The normalized spacial score (nSPS) is 28.5. The summed E-state index contributed by atoms with van der Waals surface area (Å²) in [5.41, 5.74) is 1.23. The number of ether oxygens (including phenoxy) is 1. The van der Waals surface area contributed by atoms with Crippen LogP contribution in [0.3, 0.4) is 0 Å². The van der Waals surface area contributed by atoms with Crippen LogP contribution in [0.25, 0.3) is 0 Å². The molecule has 4 rings (SSSR count). The lowest BCUT2D eigenvalue weighted by Gasteiger charge is -2.35. The minimum atomic E-state index is -0.121. The zero-order valence-corrected chi connectivity index (χ0v) is 19.1. The van der Waals surface area contributed by atoms with Crippen molar-refractivity contribution in [3.8, 4) is 0 Å². The summed E-state index contributed by atoms with van der Waals surface area (Å²) in [7, 11) is -0.121. The standard InChI is InChI=1S/C26H41BO3/c1-3-24(28-19-21-13-7-4-8-14-21)20(2)27-29-25(22-15-9-5-10-16-22)26(30-27)23-17-11-6-12-18-23/h4,7-8,13-14,20,22-26H,3,5-6,9-12,15-19H2,1-2H3/t20-,24-,25+,26+/m0/s1. The second kappa shape index (κ2) is 11.2. The highest BCUT2D eigenvalue weighted by molar-refractivity contribution is 6.47. The van der Waals surface area contributed by atoms with Gasteiger partial charge in [0, 0.05) is 5.82 Å². The molecule has 4 atom stereocenters. The van der Waals surface area contributed by atoms with Crippen LogP contribution in [0.15, 0.2) is 30.3 Å². The second-order valence-corrected chi connectivity index (χ2v) is 9.97. The summed E-state index contributed by atoms with van der Waals surface area (Å²) in [5, 5.41) is 0. The number of benzene rings is 1. The summed E-state index contributed by atoms with van der Waals surface area (Å²) in [6.07, 6.45) is 15.2. The highest BCUT2D eigenvalue weighted by Gasteiger charge is 2.50. The molecule has 30 heavy (non-hydrogen) atoms. The molecule has 2 aliphatic carbocycles. The van der Waals surface area contributed by atoms with Gasteiger partial charge in [0.25, 0.3) is 0 Å². The molecule has 3 fully saturated rings. The van der Waals surface area contributed by atoms with Gasteiger partial charge in [-0.15, -0.1) is 0 Å². The van der Waals surface area contributed by atoms with Crippen molar-refractivity contribution < 1.29 is 14.0 Å². The van der Waals surface area contributed by atoms with E-state index in [0.717, 1.165) is 6.42 Å². The minimum Gasteiger partial charge on any atom is -0.405 e. The third-order valence-electron chi connectivity index (χ3n) is 7.86. The molecule has 2 saturated carbocycles. The fraction of sp³-hybridized carbons (Fsp3) is 0.769. The van der Waals surface area contributed by atoms with E-state index in [-0.39, 0.29) is 19.0 Å². The lowest BCUT2D eigenvalue weighted by molar-refractivity contribution is 0.0287. The first-order valence-electron chi connectivity index (χ1n) is 12.7. The number of rotatable bonds is 8. The lowest BCUT2D eigenvalue weighted by Crippen LogP contribution is -2.38. The van der Waals surface area contributed by atoms with Gasteiger partial charge in [0.2, 0.25) is 0 Å². The molecule has 0 amide bonds. The van der Waals surface area contributed by atoms with Crippen molar-refractivity contribution in [2.24, 2.45) is 11.8 Å². The van der Waals surface area contributed by atoms with E-state index < -0.39 is 0 Å². The van der Waals surface area contributed by atoms with Crippen molar-refractivity contribution in [3.05, 3.63) is 35.9 Å². The Hall–Kier alpha value is -0.835. The van der Waals surface area contributed by atoms with Crippen LogP contribution in [0.4, 0.5) is 0 Å². The van der Waals surface area contributed by atoms with Crippen molar-refractivity contribution in [3.63, 3.8) is 0 Å². The molecule has 0 radical (unpaired) electrons. The van der Waals surface area contributed by atoms with E-state index in [4.69, 9.17) is 14.0 Å². The van der Waals surface area contributed by atoms with Crippen LogP contribution in [0, 0.1) is 11.8 Å². The van der Waals surface area contributed by atoms with Gasteiger partial charge in [-0.3, -0.25) is 0 Å². The molecule has 3 aliphatic rings. The molecule has 1 aromatic rings. The Kier molecular flexibility index (Phi) is 8.31. The smallest absolute Gasteiger partial charge is 0.405 e. The SMILES string of the molecule is CC[C@H](OCc1ccccc1)[C@H](C)B1O[C@H](C2CCCCC2)[C@@H](C2CCCCC2)O1. The summed E-state index contributed by atoms with van der Waals surface area (Å²) >= 11 is 0. The maximum absolute atomic E-state index is 6.76. The predicted molar refractivity (Wildman–Crippen MR) is 123 cm³/mol. The Morgan fingerprint density at radius 2 is 1.40 bits per heavy atom. The quantitative estimate of drug-likeness (QED) is 0.439. The third kappa shape index (κ3) is 5.50. The molecule has 1 aromatic carbocycles. The Morgan fingerprint density at radius 3 is 1.90 bits per heavy atom. The van der Waals surface area contributed by atoms with Gasteiger partial charge in [0.1, 0.15) is 0 Å². The summed E-state index contributed by atoms with van der Waals surface area (Å²) in [6, 6.07) is 10.5.